The van der Waals surface area contributed by atoms with E-state index in [4.69, 9.17) is 16.6 Å². The Labute approximate surface area is 183 Å². The van der Waals surface area contributed by atoms with Crippen molar-refractivity contribution in [2.45, 2.75) is 45.2 Å². The summed E-state index contributed by atoms with van der Waals surface area (Å²) in [6, 6.07) is 9.95. The number of amidine groups is 1. The fraction of sp³-hybridized carbons (Fsp3) is 0.280. The van der Waals surface area contributed by atoms with Crippen molar-refractivity contribution in [2.75, 3.05) is 5.32 Å². The molecule has 5 heteroatoms. The first-order chi connectivity index (χ1) is 14.6. The highest BCUT2D eigenvalue weighted by Crippen LogP contribution is 2.38. The summed E-state index contributed by atoms with van der Waals surface area (Å²) < 4.78 is 0. The van der Waals surface area contributed by atoms with Crippen LogP contribution in [0.1, 0.15) is 44.2 Å². The van der Waals surface area contributed by atoms with E-state index in [0.29, 0.717) is 5.02 Å². The first-order valence-corrected chi connectivity index (χ1v) is 10.8. The van der Waals surface area contributed by atoms with Gasteiger partial charge in [-0.1, -0.05) is 48.4 Å². The summed E-state index contributed by atoms with van der Waals surface area (Å²) in [5.74, 6) is 1.03. The molecule has 2 aromatic rings. The largest absolute Gasteiger partial charge is 0.385 e. The summed E-state index contributed by atoms with van der Waals surface area (Å²) in [4.78, 5) is 9.58. The number of hydrogen-bond donors (Lipinski definition) is 2. The maximum Gasteiger partial charge on any atom is 0.133 e. The van der Waals surface area contributed by atoms with Crippen LogP contribution in [0.5, 0.6) is 0 Å². The Kier molecular flexibility index (Phi) is 6.05. The summed E-state index contributed by atoms with van der Waals surface area (Å²) in [6.45, 7) is 6.51. The molecule has 0 saturated carbocycles. The molecule has 3 unspecified atom stereocenters. The molecule has 1 aliphatic heterocycles. The van der Waals surface area contributed by atoms with Gasteiger partial charge in [0, 0.05) is 40.6 Å². The lowest BCUT2D eigenvalue weighted by atomic mass is 9.78. The average molecular weight is 419 g/mol. The molecule has 1 aromatic carbocycles. The van der Waals surface area contributed by atoms with E-state index in [9.17, 15) is 0 Å². The van der Waals surface area contributed by atoms with Gasteiger partial charge in [0.1, 0.15) is 5.84 Å². The minimum Gasteiger partial charge on any atom is -0.385 e. The van der Waals surface area contributed by atoms with Crippen molar-refractivity contribution in [1.29, 1.82) is 0 Å². The quantitative estimate of drug-likeness (QED) is 0.640. The monoisotopic (exact) mass is 418 g/mol. The summed E-state index contributed by atoms with van der Waals surface area (Å²) in [7, 11) is 0. The van der Waals surface area contributed by atoms with Gasteiger partial charge in [-0.05, 0) is 61.9 Å². The van der Waals surface area contributed by atoms with Gasteiger partial charge in [-0.15, -0.1) is 0 Å². The molecule has 1 aliphatic carbocycles. The molecule has 0 amide bonds. The molecule has 3 atom stereocenters. The Morgan fingerprint density at radius 1 is 1.30 bits per heavy atom. The minimum atomic E-state index is 0.0196. The van der Waals surface area contributed by atoms with Crippen molar-refractivity contribution in [3.63, 3.8) is 0 Å². The number of halogens is 1. The van der Waals surface area contributed by atoms with Crippen molar-refractivity contribution >= 4 is 23.1 Å². The second-order valence-corrected chi connectivity index (χ2v) is 8.27. The number of benzene rings is 1. The highest BCUT2D eigenvalue weighted by Gasteiger charge is 2.35. The van der Waals surface area contributed by atoms with Gasteiger partial charge in [0.2, 0.25) is 0 Å². The van der Waals surface area contributed by atoms with Crippen LogP contribution in [-0.2, 0) is 0 Å². The lowest BCUT2D eigenvalue weighted by molar-refractivity contribution is 0.586. The van der Waals surface area contributed by atoms with Gasteiger partial charge in [0.05, 0.1) is 6.04 Å². The van der Waals surface area contributed by atoms with Gasteiger partial charge >= 0.3 is 0 Å². The predicted molar refractivity (Wildman–Crippen MR) is 126 cm³/mol. The van der Waals surface area contributed by atoms with Crippen LogP contribution in [0.15, 0.2) is 83.3 Å². The molecule has 0 radical (unpaired) electrons. The fourth-order valence-electron chi connectivity index (χ4n) is 3.89. The summed E-state index contributed by atoms with van der Waals surface area (Å²) in [5.41, 5.74) is 5.79. The van der Waals surface area contributed by atoms with E-state index < -0.39 is 0 Å². The van der Waals surface area contributed by atoms with Crippen molar-refractivity contribution in [3.05, 3.63) is 94.4 Å². The first kappa shape index (κ1) is 20.4. The summed E-state index contributed by atoms with van der Waals surface area (Å²) in [6.07, 6.45) is 13.5. The molecule has 0 spiro atoms. The van der Waals surface area contributed by atoms with Crippen molar-refractivity contribution in [1.82, 2.24) is 10.3 Å². The van der Waals surface area contributed by atoms with Gasteiger partial charge in [-0.25, -0.2) is 0 Å². The normalized spacial score (nSPS) is 21.1. The average Bonchev–Trinajstić information content (AvgIpc) is 2.77. The van der Waals surface area contributed by atoms with Gasteiger partial charge in [-0.2, -0.15) is 0 Å². The number of nitrogens with one attached hydrogen (secondary N) is 2. The van der Waals surface area contributed by atoms with E-state index in [1.807, 2.05) is 42.7 Å². The highest BCUT2D eigenvalue weighted by atomic mass is 35.5. The Morgan fingerprint density at radius 2 is 2.17 bits per heavy atom. The second-order valence-electron chi connectivity index (χ2n) is 7.83. The standard InChI is InChI=1S/C25H27ClN4/c1-4-16(2)14-28-17(3)20-9-6-10-21-23-15-27-12-11-22(23)25(30-24(20)21)29-19-8-5-7-18(26)13-19/h5-15,17,21,24,28H,4H2,1-3H3,(H,29,30)/b16-14-. The number of aromatic nitrogens is 1. The third-order valence-electron chi connectivity index (χ3n) is 5.75. The smallest absolute Gasteiger partial charge is 0.133 e. The van der Waals surface area contributed by atoms with Crippen molar-refractivity contribution in [2.24, 2.45) is 4.99 Å². The minimum absolute atomic E-state index is 0.0196. The first-order valence-electron chi connectivity index (χ1n) is 10.4. The molecule has 0 bridgehead atoms. The number of aliphatic imine (C=N–C) groups is 1. The van der Waals surface area contributed by atoms with Crippen molar-refractivity contribution in [3.8, 4) is 0 Å². The zero-order chi connectivity index (χ0) is 21.1. The number of fused-ring (bicyclic) bond motifs is 3. The SMILES string of the molecule is CC/C(C)=C\NC(C)C1=CC=CC2c3cnccc3C(Nc3cccc(Cl)c3)=NC12. The zero-order valence-electron chi connectivity index (χ0n) is 17.6. The lowest BCUT2D eigenvalue weighted by Gasteiger charge is -2.35. The number of pyridine rings is 1. The fourth-order valence-corrected chi connectivity index (χ4v) is 4.08. The van der Waals surface area contributed by atoms with Crippen LogP contribution in [0.4, 0.5) is 5.69 Å². The van der Waals surface area contributed by atoms with Crippen LogP contribution in [0.25, 0.3) is 0 Å². The number of rotatable bonds is 5. The molecular weight excluding hydrogens is 392 g/mol. The molecule has 4 rings (SSSR count). The lowest BCUT2D eigenvalue weighted by Crippen LogP contribution is -2.37. The number of anilines is 1. The summed E-state index contributed by atoms with van der Waals surface area (Å²) in [5, 5.41) is 7.72. The van der Waals surface area contributed by atoms with E-state index in [1.165, 1.54) is 16.7 Å². The maximum absolute atomic E-state index is 6.19. The zero-order valence-corrected chi connectivity index (χ0v) is 18.3. The van der Waals surface area contributed by atoms with Crippen LogP contribution in [0.3, 0.4) is 0 Å². The van der Waals surface area contributed by atoms with Gasteiger partial charge in [0.25, 0.3) is 0 Å². The molecule has 2 N–H and O–H groups in total. The molecule has 30 heavy (non-hydrogen) atoms. The third-order valence-corrected chi connectivity index (χ3v) is 5.98. The predicted octanol–water partition coefficient (Wildman–Crippen LogP) is 5.85. The molecule has 0 fully saturated rings. The maximum atomic E-state index is 6.19. The number of nitrogens with zero attached hydrogens (tertiary/aromatic N) is 2. The molecule has 0 saturated heterocycles. The van der Waals surface area contributed by atoms with Crippen LogP contribution in [0.2, 0.25) is 5.02 Å². The topological polar surface area (TPSA) is 49.3 Å². The van der Waals surface area contributed by atoms with Crippen LogP contribution < -0.4 is 10.6 Å². The van der Waals surface area contributed by atoms with E-state index in [-0.39, 0.29) is 18.0 Å². The molecule has 2 aliphatic rings. The molecule has 1 aromatic heterocycles. The molecule has 154 valence electrons. The Balaban J connectivity index is 1.70. The van der Waals surface area contributed by atoms with Crippen molar-refractivity contribution < 1.29 is 0 Å². The van der Waals surface area contributed by atoms with Crippen LogP contribution in [0, 0.1) is 0 Å². The number of allylic oxidation sites excluding steroid dienone is 3. The van der Waals surface area contributed by atoms with Crippen LogP contribution in [-0.4, -0.2) is 22.9 Å². The van der Waals surface area contributed by atoms with E-state index in [0.717, 1.165) is 23.5 Å². The second kappa shape index (κ2) is 8.88. The Morgan fingerprint density at radius 3 is 2.97 bits per heavy atom. The Hall–Kier alpha value is -2.85. The molecule has 2 heterocycles. The van der Waals surface area contributed by atoms with Gasteiger partial charge in [0.15, 0.2) is 0 Å². The van der Waals surface area contributed by atoms with E-state index in [2.05, 4.69) is 60.8 Å². The molecular formula is C25H27ClN4. The Bertz CT molecular complexity index is 1050. The van der Waals surface area contributed by atoms with Gasteiger partial charge in [-0.3, -0.25) is 9.98 Å². The third kappa shape index (κ3) is 4.19. The summed E-state index contributed by atoms with van der Waals surface area (Å²) >= 11 is 6.19. The van der Waals surface area contributed by atoms with Crippen LogP contribution >= 0.6 is 11.6 Å². The molecule has 4 nitrogen and oxygen atoms in total. The van der Waals surface area contributed by atoms with E-state index >= 15 is 0 Å². The van der Waals surface area contributed by atoms with E-state index in [1.54, 1.807) is 0 Å². The number of hydrogen-bond acceptors (Lipinski definition) is 4. The highest BCUT2D eigenvalue weighted by molar-refractivity contribution is 6.31. The van der Waals surface area contributed by atoms with Gasteiger partial charge < -0.3 is 10.6 Å².